The number of nitrogens with one attached hydrogen (secondary N) is 1. The lowest BCUT2D eigenvalue weighted by atomic mass is 9.78. The van der Waals surface area contributed by atoms with Crippen molar-refractivity contribution in [3.63, 3.8) is 0 Å². The van der Waals surface area contributed by atoms with Crippen LogP contribution in [0.2, 0.25) is 0 Å². The Labute approximate surface area is 104 Å². The molecule has 17 heavy (non-hydrogen) atoms. The molecular formula is C12H14N2O2S. The smallest absolute Gasteiger partial charge is 0.234 e. The third kappa shape index (κ3) is 1.74. The molecule has 2 aliphatic heterocycles. The van der Waals surface area contributed by atoms with E-state index in [1.807, 2.05) is 6.07 Å². The molecule has 2 heterocycles. The predicted octanol–water partition coefficient (Wildman–Crippen LogP) is 0.958. The van der Waals surface area contributed by atoms with Gasteiger partial charge in [0.2, 0.25) is 5.91 Å². The number of thioether (sulfide) groups is 1. The van der Waals surface area contributed by atoms with Crippen LogP contribution in [-0.4, -0.2) is 31.4 Å². The van der Waals surface area contributed by atoms with Gasteiger partial charge in [-0.1, -0.05) is 6.07 Å². The van der Waals surface area contributed by atoms with Crippen molar-refractivity contribution in [2.45, 2.75) is 10.3 Å². The number of carbonyl (C=O) groups is 1. The van der Waals surface area contributed by atoms with Crippen LogP contribution < -0.4 is 11.1 Å². The molecule has 1 fully saturated rings. The Bertz CT molecular complexity index is 466. The van der Waals surface area contributed by atoms with Gasteiger partial charge in [-0.15, -0.1) is 11.8 Å². The summed E-state index contributed by atoms with van der Waals surface area (Å²) in [5.74, 6) is 0.559. The molecule has 1 aromatic rings. The second-order valence-corrected chi connectivity index (χ2v) is 5.54. The van der Waals surface area contributed by atoms with Gasteiger partial charge >= 0.3 is 0 Å². The van der Waals surface area contributed by atoms with Crippen molar-refractivity contribution >= 4 is 23.4 Å². The zero-order valence-corrected chi connectivity index (χ0v) is 10.2. The van der Waals surface area contributed by atoms with E-state index in [-0.39, 0.29) is 11.3 Å². The van der Waals surface area contributed by atoms with Gasteiger partial charge in [-0.3, -0.25) is 4.79 Å². The largest absolute Gasteiger partial charge is 0.379 e. The molecule has 1 saturated heterocycles. The fraction of sp³-hybridized carbons (Fsp3) is 0.417. The molecule has 0 spiro atoms. The van der Waals surface area contributed by atoms with E-state index >= 15 is 0 Å². The highest BCUT2D eigenvalue weighted by Gasteiger charge is 2.39. The Kier molecular flexibility index (Phi) is 2.61. The minimum atomic E-state index is -0.0537. The van der Waals surface area contributed by atoms with Crippen LogP contribution in [0.3, 0.4) is 0 Å². The monoisotopic (exact) mass is 250 g/mol. The van der Waals surface area contributed by atoms with Crippen LogP contribution in [0.5, 0.6) is 0 Å². The van der Waals surface area contributed by atoms with Crippen LogP contribution in [0.1, 0.15) is 5.56 Å². The lowest BCUT2D eigenvalue weighted by Gasteiger charge is -2.41. The maximum atomic E-state index is 11.4. The SMILES string of the molecule is NCC1(c2ccc3c(c2)NC(=O)CS3)COC1. The number of amides is 1. The second-order valence-electron chi connectivity index (χ2n) is 4.53. The number of carbonyl (C=O) groups excluding carboxylic acids is 1. The van der Waals surface area contributed by atoms with Crippen molar-refractivity contribution in [2.75, 3.05) is 30.8 Å². The van der Waals surface area contributed by atoms with E-state index in [2.05, 4.69) is 17.4 Å². The first-order valence-electron chi connectivity index (χ1n) is 5.58. The van der Waals surface area contributed by atoms with E-state index in [4.69, 9.17) is 10.5 Å². The van der Waals surface area contributed by atoms with Crippen LogP contribution in [0.4, 0.5) is 5.69 Å². The normalized spacial score (nSPS) is 21.4. The van der Waals surface area contributed by atoms with Gasteiger partial charge < -0.3 is 15.8 Å². The number of benzene rings is 1. The summed E-state index contributed by atoms with van der Waals surface area (Å²) in [4.78, 5) is 12.5. The molecule has 3 rings (SSSR count). The number of nitrogens with two attached hydrogens (primary N) is 1. The maximum Gasteiger partial charge on any atom is 0.234 e. The van der Waals surface area contributed by atoms with E-state index in [0.29, 0.717) is 25.5 Å². The van der Waals surface area contributed by atoms with Crippen molar-refractivity contribution in [1.82, 2.24) is 0 Å². The van der Waals surface area contributed by atoms with Gasteiger partial charge in [0.15, 0.2) is 0 Å². The highest BCUT2D eigenvalue weighted by atomic mass is 32.2. The van der Waals surface area contributed by atoms with Gasteiger partial charge in [0.1, 0.15) is 0 Å². The molecule has 0 atom stereocenters. The van der Waals surface area contributed by atoms with Crippen LogP contribution in [-0.2, 0) is 14.9 Å². The summed E-state index contributed by atoms with van der Waals surface area (Å²) < 4.78 is 5.28. The Morgan fingerprint density at radius 1 is 1.47 bits per heavy atom. The molecule has 4 nitrogen and oxygen atoms in total. The van der Waals surface area contributed by atoms with Crippen LogP contribution in [0, 0.1) is 0 Å². The average Bonchev–Trinajstić information content (AvgIpc) is 2.28. The minimum Gasteiger partial charge on any atom is -0.379 e. The van der Waals surface area contributed by atoms with Crippen molar-refractivity contribution in [3.05, 3.63) is 23.8 Å². The summed E-state index contributed by atoms with van der Waals surface area (Å²) in [6.45, 7) is 1.92. The van der Waals surface area contributed by atoms with Gasteiger partial charge in [-0.05, 0) is 17.7 Å². The third-order valence-corrected chi connectivity index (χ3v) is 4.45. The van der Waals surface area contributed by atoms with E-state index in [1.54, 1.807) is 11.8 Å². The molecule has 0 aliphatic carbocycles. The summed E-state index contributed by atoms with van der Waals surface area (Å²) in [5, 5.41) is 2.90. The van der Waals surface area contributed by atoms with Crippen LogP contribution >= 0.6 is 11.8 Å². The Hall–Kier alpha value is -1.04. The maximum absolute atomic E-state index is 11.4. The minimum absolute atomic E-state index is 0.0537. The number of ether oxygens (including phenoxy) is 1. The Balaban J connectivity index is 1.97. The summed E-state index contributed by atoms with van der Waals surface area (Å²) in [5.41, 5.74) is 7.84. The van der Waals surface area contributed by atoms with E-state index < -0.39 is 0 Å². The van der Waals surface area contributed by atoms with Crippen molar-refractivity contribution in [2.24, 2.45) is 5.73 Å². The molecular weight excluding hydrogens is 236 g/mol. The third-order valence-electron chi connectivity index (χ3n) is 3.37. The molecule has 0 radical (unpaired) electrons. The molecule has 1 amide bonds. The van der Waals surface area contributed by atoms with Crippen molar-refractivity contribution in [1.29, 1.82) is 0 Å². The fourth-order valence-corrected chi connectivity index (χ4v) is 2.95. The standard InChI is InChI=1S/C12H14N2O2S/c13-5-12(6-16-7-12)8-1-2-10-9(3-8)14-11(15)4-17-10/h1-3H,4-7,13H2,(H,14,15). The molecule has 0 saturated carbocycles. The number of fused-ring (bicyclic) bond motifs is 1. The first-order chi connectivity index (χ1) is 8.23. The average molecular weight is 250 g/mol. The summed E-state index contributed by atoms with van der Waals surface area (Å²) >= 11 is 1.57. The Morgan fingerprint density at radius 2 is 2.29 bits per heavy atom. The van der Waals surface area contributed by atoms with Crippen LogP contribution in [0.25, 0.3) is 0 Å². The molecule has 90 valence electrons. The first kappa shape index (κ1) is 11.1. The molecule has 0 aromatic heterocycles. The van der Waals surface area contributed by atoms with Gasteiger partial charge in [-0.25, -0.2) is 0 Å². The molecule has 3 N–H and O–H groups in total. The summed E-state index contributed by atoms with van der Waals surface area (Å²) in [7, 11) is 0. The summed E-state index contributed by atoms with van der Waals surface area (Å²) in [6, 6.07) is 6.19. The number of rotatable bonds is 2. The van der Waals surface area contributed by atoms with Gasteiger partial charge in [0.05, 0.1) is 30.1 Å². The van der Waals surface area contributed by atoms with Gasteiger partial charge in [0.25, 0.3) is 0 Å². The van der Waals surface area contributed by atoms with E-state index in [9.17, 15) is 4.79 Å². The van der Waals surface area contributed by atoms with E-state index in [1.165, 1.54) is 0 Å². The number of hydrogen-bond donors (Lipinski definition) is 2. The quantitative estimate of drug-likeness (QED) is 0.820. The van der Waals surface area contributed by atoms with E-state index in [0.717, 1.165) is 16.1 Å². The second kappa shape index (κ2) is 4.01. The zero-order valence-electron chi connectivity index (χ0n) is 9.36. The predicted molar refractivity (Wildman–Crippen MR) is 67.3 cm³/mol. The molecule has 2 aliphatic rings. The number of hydrogen-bond acceptors (Lipinski definition) is 4. The van der Waals surface area contributed by atoms with Crippen molar-refractivity contribution < 1.29 is 9.53 Å². The van der Waals surface area contributed by atoms with Crippen LogP contribution in [0.15, 0.2) is 23.1 Å². The summed E-state index contributed by atoms with van der Waals surface area (Å²) in [6.07, 6.45) is 0. The first-order valence-corrected chi connectivity index (χ1v) is 6.57. The molecule has 0 unspecified atom stereocenters. The zero-order chi connectivity index (χ0) is 11.9. The number of anilines is 1. The highest BCUT2D eigenvalue weighted by Crippen LogP contribution is 2.37. The highest BCUT2D eigenvalue weighted by molar-refractivity contribution is 8.00. The fourth-order valence-electron chi connectivity index (χ4n) is 2.16. The van der Waals surface area contributed by atoms with Gasteiger partial charge in [-0.2, -0.15) is 0 Å². The topological polar surface area (TPSA) is 64.3 Å². The van der Waals surface area contributed by atoms with Gasteiger partial charge in [0, 0.05) is 11.4 Å². The molecule has 1 aromatic carbocycles. The van der Waals surface area contributed by atoms with Crippen molar-refractivity contribution in [3.8, 4) is 0 Å². The lowest BCUT2D eigenvalue weighted by Crippen LogP contribution is -2.52. The Morgan fingerprint density at radius 3 is 2.94 bits per heavy atom. The lowest BCUT2D eigenvalue weighted by molar-refractivity contribution is -0.113. The molecule has 0 bridgehead atoms. The molecule has 5 heteroatoms.